The predicted molar refractivity (Wildman–Crippen MR) is 82.3 cm³/mol. The van der Waals surface area contributed by atoms with E-state index in [9.17, 15) is 14.9 Å². The number of hydrogen-bond donors (Lipinski definition) is 3. The number of nitrogen functional groups attached to an aromatic ring is 1. The first-order valence-corrected chi connectivity index (χ1v) is 6.22. The number of primary amides is 1. The molecule has 2 aromatic rings. The number of hydrogen-bond acceptors (Lipinski definition) is 5. The van der Waals surface area contributed by atoms with E-state index in [1.54, 1.807) is 30.3 Å². The number of carbonyl (C=O) groups is 1. The lowest BCUT2D eigenvalue weighted by Crippen LogP contribution is -2.26. The van der Waals surface area contributed by atoms with E-state index in [1.165, 1.54) is 18.2 Å². The first kappa shape index (κ1) is 15.0. The van der Waals surface area contributed by atoms with Crippen LogP contribution in [0.1, 0.15) is 11.1 Å². The number of carbonyl (C=O) groups excluding carboxylic acids is 1. The van der Waals surface area contributed by atoms with E-state index in [2.05, 4.69) is 10.5 Å². The Hall–Kier alpha value is -3.42. The van der Waals surface area contributed by atoms with Gasteiger partial charge in [-0.15, -0.1) is 0 Å². The number of amides is 2. The fourth-order valence-corrected chi connectivity index (χ4v) is 1.85. The van der Waals surface area contributed by atoms with Crippen molar-refractivity contribution in [1.82, 2.24) is 5.43 Å². The third kappa shape index (κ3) is 3.37. The molecule has 22 heavy (non-hydrogen) atoms. The summed E-state index contributed by atoms with van der Waals surface area (Å²) in [6.07, 6.45) is 0. The summed E-state index contributed by atoms with van der Waals surface area (Å²) in [5, 5.41) is 14.8. The van der Waals surface area contributed by atoms with Gasteiger partial charge < -0.3 is 11.5 Å². The lowest BCUT2D eigenvalue weighted by atomic mass is 10.0. The van der Waals surface area contributed by atoms with E-state index >= 15 is 0 Å². The van der Waals surface area contributed by atoms with Crippen molar-refractivity contribution in [2.75, 3.05) is 5.73 Å². The second-order valence-electron chi connectivity index (χ2n) is 4.33. The zero-order chi connectivity index (χ0) is 16.1. The van der Waals surface area contributed by atoms with E-state index in [4.69, 9.17) is 11.5 Å². The molecule has 0 radical (unpaired) electrons. The van der Waals surface area contributed by atoms with Crippen LogP contribution in [0.5, 0.6) is 0 Å². The fraction of sp³-hybridized carbons (Fsp3) is 0. The Morgan fingerprint density at radius 1 is 1.18 bits per heavy atom. The molecule has 0 saturated heterocycles. The number of nitro groups is 1. The fourth-order valence-electron chi connectivity index (χ4n) is 1.85. The van der Waals surface area contributed by atoms with Crippen molar-refractivity contribution >= 4 is 23.1 Å². The summed E-state index contributed by atoms with van der Waals surface area (Å²) in [5.41, 5.74) is 14.4. The van der Waals surface area contributed by atoms with Gasteiger partial charge in [0.1, 0.15) is 5.71 Å². The largest absolute Gasteiger partial charge is 0.398 e. The minimum Gasteiger partial charge on any atom is -0.398 e. The van der Waals surface area contributed by atoms with Gasteiger partial charge in [-0.05, 0) is 6.07 Å². The SMILES string of the molecule is NC(=O)N/N=C(/c1ccccc1)c1cc([N+](=O)[O-])ccc1N. The molecule has 0 bridgehead atoms. The van der Waals surface area contributed by atoms with Crippen molar-refractivity contribution < 1.29 is 9.72 Å². The molecule has 2 amide bonds. The number of non-ortho nitro benzene ring substituents is 1. The molecule has 8 heteroatoms. The van der Waals surface area contributed by atoms with Crippen molar-refractivity contribution in [3.8, 4) is 0 Å². The van der Waals surface area contributed by atoms with Crippen molar-refractivity contribution in [2.45, 2.75) is 0 Å². The summed E-state index contributed by atoms with van der Waals surface area (Å²) >= 11 is 0. The van der Waals surface area contributed by atoms with Crippen LogP contribution in [0.15, 0.2) is 53.6 Å². The predicted octanol–water partition coefficient (Wildman–Crippen LogP) is 1.60. The number of nitro benzene ring substituents is 1. The molecular formula is C14H13N5O3. The normalized spacial score (nSPS) is 11.0. The molecule has 0 aliphatic heterocycles. The van der Waals surface area contributed by atoms with Crippen molar-refractivity contribution in [2.24, 2.45) is 10.8 Å². The molecule has 0 aliphatic rings. The van der Waals surface area contributed by atoms with Crippen LogP contribution < -0.4 is 16.9 Å². The first-order valence-electron chi connectivity index (χ1n) is 6.22. The Kier molecular flexibility index (Phi) is 4.33. The number of nitrogens with one attached hydrogen (secondary N) is 1. The maximum absolute atomic E-state index is 10.9. The van der Waals surface area contributed by atoms with Crippen LogP contribution in [0.25, 0.3) is 0 Å². The van der Waals surface area contributed by atoms with Crippen LogP contribution in [-0.2, 0) is 0 Å². The van der Waals surface area contributed by atoms with Crippen LogP contribution in [0, 0.1) is 10.1 Å². The average molecular weight is 299 g/mol. The number of nitrogens with zero attached hydrogens (tertiary/aromatic N) is 2. The van der Waals surface area contributed by atoms with Crippen LogP contribution in [-0.4, -0.2) is 16.7 Å². The Morgan fingerprint density at radius 2 is 1.86 bits per heavy atom. The highest BCUT2D eigenvalue weighted by Crippen LogP contribution is 2.23. The molecule has 0 saturated carbocycles. The van der Waals surface area contributed by atoms with E-state index in [1.807, 2.05) is 0 Å². The number of urea groups is 1. The van der Waals surface area contributed by atoms with Gasteiger partial charge in [0.2, 0.25) is 0 Å². The maximum atomic E-state index is 10.9. The molecule has 2 rings (SSSR count). The summed E-state index contributed by atoms with van der Waals surface area (Å²) in [6.45, 7) is 0. The monoisotopic (exact) mass is 299 g/mol. The van der Waals surface area contributed by atoms with Gasteiger partial charge >= 0.3 is 6.03 Å². The molecule has 5 N–H and O–H groups in total. The molecule has 8 nitrogen and oxygen atoms in total. The van der Waals surface area contributed by atoms with Crippen molar-refractivity contribution in [3.05, 3.63) is 69.8 Å². The Balaban J connectivity index is 2.59. The second kappa shape index (κ2) is 6.35. The van der Waals surface area contributed by atoms with Gasteiger partial charge in [-0.1, -0.05) is 30.3 Å². The lowest BCUT2D eigenvalue weighted by molar-refractivity contribution is -0.384. The standard InChI is InChI=1S/C14H13N5O3/c15-12-7-6-10(19(21)22)8-11(12)13(17-18-14(16)20)9-4-2-1-3-5-9/h1-8H,15H2,(H3,16,18,20)/b17-13-. The molecule has 0 aromatic heterocycles. The summed E-state index contributed by atoms with van der Waals surface area (Å²) < 4.78 is 0. The molecule has 2 aromatic carbocycles. The second-order valence-corrected chi connectivity index (χ2v) is 4.33. The summed E-state index contributed by atoms with van der Waals surface area (Å²) in [6, 6.07) is 12.0. The molecule has 0 fully saturated rings. The van der Waals surface area contributed by atoms with Crippen LogP contribution >= 0.6 is 0 Å². The number of rotatable bonds is 4. The van der Waals surface area contributed by atoms with Crippen molar-refractivity contribution in [3.63, 3.8) is 0 Å². The minimum absolute atomic E-state index is 0.132. The van der Waals surface area contributed by atoms with Gasteiger partial charge in [0.05, 0.1) is 4.92 Å². The zero-order valence-electron chi connectivity index (χ0n) is 11.4. The van der Waals surface area contributed by atoms with Gasteiger partial charge in [-0.3, -0.25) is 10.1 Å². The number of nitrogens with two attached hydrogens (primary N) is 2. The zero-order valence-corrected chi connectivity index (χ0v) is 11.4. The molecular weight excluding hydrogens is 286 g/mol. The van der Waals surface area contributed by atoms with Gasteiger partial charge in [0.15, 0.2) is 0 Å². The highest BCUT2D eigenvalue weighted by molar-refractivity contribution is 6.16. The van der Waals surface area contributed by atoms with Crippen molar-refractivity contribution in [1.29, 1.82) is 0 Å². The highest BCUT2D eigenvalue weighted by atomic mass is 16.6. The smallest absolute Gasteiger partial charge is 0.332 e. The molecule has 0 unspecified atom stereocenters. The Labute approximate surface area is 125 Å². The maximum Gasteiger partial charge on any atom is 0.332 e. The van der Waals surface area contributed by atoms with Gasteiger partial charge in [0, 0.05) is 28.9 Å². The van der Waals surface area contributed by atoms with E-state index in [-0.39, 0.29) is 11.4 Å². The van der Waals surface area contributed by atoms with Crippen LogP contribution in [0.2, 0.25) is 0 Å². The minimum atomic E-state index is -0.850. The summed E-state index contributed by atoms with van der Waals surface area (Å²) in [4.78, 5) is 21.3. The molecule has 0 atom stereocenters. The molecule has 112 valence electrons. The molecule has 0 aliphatic carbocycles. The number of anilines is 1. The highest BCUT2D eigenvalue weighted by Gasteiger charge is 2.15. The third-order valence-electron chi connectivity index (χ3n) is 2.83. The summed E-state index contributed by atoms with van der Waals surface area (Å²) in [5.74, 6) is 0. The first-order chi connectivity index (χ1) is 10.5. The number of hydrazone groups is 1. The van der Waals surface area contributed by atoms with E-state index < -0.39 is 11.0 Å². The molecule has 0 heterocycles. The van der Waals surface area contributed by atoms with Crippen LogP contribution in [0.4, 0.5) is 16.2 Å². The van der Waals surface area contributed by atoms with Gasteiger partial charge in [-0.2, -0.15) is 5.10 Å². The van der Waals surface area contributed by atoms with Gasteiger partial charge in [0.25, 0.3) is 5.69 Å². The van der Waals surface area contributed by atoms with E-state index in [0.717, 1.165) is 0 Å². The number of benzene rings is 2. The Morgan fingerprint density at radius 3 is 2.45 bits per heavy atom. The quantitative estimate of drug-likeness (QED) is 0.341. The molecule has 0 spiro atoms. The van der Waals surface area contributed by atoms with Crippen LogP contribution in [0.3, 0.4) is 0 Å². The van der Waals surface area contributed by atoms with Gasteiger partial charge in [-0.25, -0.2) is 10.2 Å². The lowest BCUT2D eigenvalue weighted by Gasteiger charge is -2.10. The Bertz CT molecular complexity index is 743. The van der Waals surface area contributed by atoms with E-state index in [0.29, 0.717) is 16.8 Å². The topological polar surface area (TPSA) is 137 Å². The average Bonchev–Trinajstić information content (AvgIpc) is 2.49. The summed E-state index contributed by atoms with van der Waals surface area (Å²) in [7, 11) is 0. The third-order valence-corrected chi connectivity index (χ3v) is 2.83.